The zero-order valence-electron chi connectivity index (χ0n) is 10.8. The number of methoxy groups -OCH3 is 1. The molecule has 0 fully saturated rings. The van der Waals surface area contributed by atoms with E-state index in [1.807, 2.05) is 25.1 Å². The second-order valence-electron chi connectivity index (χ2n) is 4.14. The number of hydrogen-bond acceptors (Lipinski definition) is 4. The number of carboxylic acid groups (broad SMARTS) is 1. The van der Waals surface area contributed by atoms with Gasteiger partial charge in [0.05, 0.1) is 19.2 Å². The van der Waals surface area contributed by atoms with Gasteiger partial charge in [0.15, 0.2) is 0 Å². The largest absolute Gasteiger partial charge is 0.496 e. The Balaban J connectivity index is 2.01. The molecular formula is C14H15NO4. The predicted octanol–water partition coefficient (Wildman–Crippen LogP) is 2.91. The summed E-state index contributed by atoms with van der Waals surface area (Å²) >= 11 is 0. The van der Waals surface area contributed by atoms with Crippen LogP contribution in [0.5, 0.6) is 5.75 Å². The fourth-order valence-corrected chi connectivity index (χ4v) is 1.76. The molecule has 0 unspecified atom stereocenters. The molecule has 5 heteroatoms. The number of ether oxygens (including phenoxy) is 1. The van der Waals surface area contributed by atoms with E-state index in [0.717, 1.165) is 17.0 Å². The predicted molar refractivity (Wildman–Crippen MR) is 70.7 cm³/mol. The molecule has 100 valence electrons. The van der Waals surface area contributed by atoms with Crippen LogP contribution in [0.3, 0.4) is 0 Å². The van der Waals surface area contributed by atoms with Gasteiger partial charge in [-0.3, -0.25) is 0 Å². The van der Waals surface area contributed by atoms with E-state index in [1.165, 1.54) is 12.3 Å². The standard InChI is InChI=1S/C14H15NO4/c1-9-5-11(3-4-13(9)18-2)15-7-12-6-10(8-19-12)14(16)17/h3-6,8,15H,7H2,1-2H3,(H,16,17). The van der Waals surface area contributed by atoms with Crippen LogP contribution in [0.25, 0.3) is 0 Å². The molecule has 0 amide bonds. The normalized spacial score (nSPS) is 10.2. The molecule has 0 bridgehead atoms. The Morgan fingerprint density at radius 3 is 2.79 bits per heavy atom. The molecule has 5 nitrogen and oxygen atoms in total. The van der Waals surface area contributed by atoms with Gasteiger partial charge in [0.2, 0.25) is 0 Å². The highest BCUT2D eigenvalue weighted by Crippen LogP contribution is 2.22. The number of aromatic carboxylic acids is 1. The van der Waals surface area contributed by atoms with Crippen LogP contribution in [0.1, 0.15) is 21.7 Å². The third-order valence-corrected chi connectivity index (χ3v) is 2.76. The van der Waals surface area contributed by atoms with Crippen LogP contribution in [0.4, 0.5) is 5.69 Å². The van der Waals surface area contributed by atoms with E-state index in [-0.39, 0.29) is 5.56 Å². The van der Waals surface area contributed by atoms with E-state index in [9.17, 15) is 4.79 Å². The first-order chi connectivity index (χ1) is 9.10. The maximum atomic E-state index is 10.7. The fourth-order valence-electron chi connectivity index (χ4n) is 1.76. The maximum absolute atomic E-state index is 10.7. The first-order valence-electron chi connectivity index (χ1n) is 5.79. The molecule has 0 aliphatic heterocycles. The maximum Gasteiger partial charge on any atom is 0.338 e. The third kappa shape index (κ3) is 3.07. The van der Waals surface area contributed by atoms with Crippen molar-refractivity contribution in [3.8, 4) is 5.75 Å². The quantitative estimate of drug-likeness (QED) is 0.865. The van der Waals surface area contributed by atoms with Crippen LogP contribution in [0, 0.1) is 6.92 Å². The van der Waals surface area contributed by atoms with Gasteiger partial charge in [-0.1, -0.05) is 0 Å². The molecule has 19 heavy (non-hydrogen) atoms. The van der Waals surface area contributed by atoms with Gasteiger partial charge in [0, 0.05) is 5.69 Å². The van der Waals surface area contributed by atoms with Crippen molar-refractivity contribution in [1.29, 1.82) is 0 Å². The van der Waals surface area contributed by atoms with Crippen molar-refractivity contribution in [2.45, 2.75) is 13.5 Å². The zero-order chi connectivity index (χ0) is 13.8. The lowest BCUT2D eigenvalue weighted by Crippen LogP contribution is -1.99. The summed E-state index contributed by atoms with van der Waals surface area (Å²) in [5.74, 6) is 0.415. The lowest BCUT2D eigenvalue weighted by Gasteiger charge is -2.08. The van der Waals surface area contributed by atoms with Crippen LogP contribution in [-0.2, 0) is 6.54 Å². The SMILES string of the molecule is COc1ccc(NCc2cc(C(=O)O)co2)cc1C. The molecule has 1 aromatic carbocycles. The Hall–Kier alpha value is -2.43. The average molecular weight is 261 g/mol. The van der Waals surface area contributed by atoms with Gasteiger partial charge in [-0.2, -0.15) is 0 Å². The van der Waals surface area contributed by atoms with Crippen molar-refractivity contribution in [2.75, 3.05) is 12.4 Å². The van der Waals surface area contributed by atoms with E-state index in [4.69, 9.17) is 14.3 Å². The lowest BCUT2D eigenvalue weighted by atomic mass is 10.2. The van der Waals surface area contributed by atoms with Crippen molar-refractivity contribution in [3.63, 3.8) is 0 Å². The van der Waals surface area contributed by atoms with Crippen LogP contribution in [0.15, 0.2) is 34.9 Å². The Morgan fingerprint density at radius 2 is 2.21 bits per heavy atom. The van der Waals surface area contributed by atoms with E-state index < -0.39 is 5.97 Å². The first-order valence-corrected chi connectivity index (χ1v) is 5.79. The number of carboxylic acids is 1. The zero-order valence-corrected chi connectivity index (χ0v) is 10.8. The molecule has 1 heterocycles. The van der Waals surface area contributed by atoms with Crippen LogP contribution in [-0.4, -0.2) is 18.2 Å². The van der Waals surface area contributed by atoms with Crippen LogP contribution >= 0.6 is 0 Å². The van der Waals surface area contributed by atoms with E-state index in [1.54, 1.807) is 7.11 Å². The average Bonchev–Trinajstić information content (AvgIpc) is 2.85. The number of furan rings is 1. The third-order valence-electron chi connectivity index (χ3n) is 2.76. The number of nitrogens with one attached hydrogen (secondary N) is 1. The minimum Gasteiger partial charge on any atom is -0.496 e. The Bertz CT molecular complexity index is 589. The van der Waals surface area contributed by atoms with Crippen molar-refractivity contribution in [1.82, 2.24) is 0 Å². The van der Waals surface area contributed by atoms with E-state index in [2.05, 4.69) is 5.32 Å². The van der Waals surface area contributed by atoms with Crippen molar-refractivity contribution in [3.05, 3.63) is 47.4 Å². The summed E-state index contributed by atoms with van der Waals surface area (Å²) in [5, 5.41) is 11.9. The second kappa shape index (κ2) is 5.48. The van der Waals surface area contributed by atoms with Gasteiger partial charge in [-0.25, -0.2) is 4.79 Å². The van der Waals surface area contributed by atoms with Gasteiger partial charge in [0.1, 0.15) is 17.8 Å². The number of anilines is 1. The molecule has 0 aliphatic rings. The molecule has 0 saturated carbocycles. The monoisotopic (exact) mass is 261 g/mol. The number of rotatable bonds is 5. The molecule has 0 aliphatic carbocycles. The lowest BCUT2D eigenvalue weighted by molar-refractivity contribution is 0.0696. The number of benzene rings is 1. The van der Waals surface area contributed by atoms with Crippen LogP contribution < -0.4 is 10.1 Å². The molecule has 1 aromatic heterocycles. The minimum absolute atomic E-state index is 0.155. The van der Waals surface area contributed by atoms with Gasteiger partial charge < -0.3 is 19.6 Å². The smallest absolute Gasteiger partial charge is 0.338 e. The summed E-state index contributed by atoms with van der Waals surface area (Å²) in [6.45, 7) is 2.39. The highest BCUT2D eigenvalue weighted by atomic mass is 16.5. The van der Waals surface area contributed by atoms with Crippen LogP contribution in [0.2, 0.25) is 0 Å². The van der Waals surface area contributed by atoms with Crippen molar-refractivity contribution >= 4 is 11.7 Å². The second-order valence-corrected chi connectivity index (χ2v) is 4.14. The molecule has 2 rings (SSSR count). The summed E-state index contributed by atoms with van der Waals surface area (Å²) in [6, 6.07) is 7.24. The Morgan fingerprint density at radius 1 is 1.42 bits per heavy atom. The number of hydrogen-bond donors (Lipinski definition) is 2. The number of aryl methyl sites for hydroxylation is 1. The van der Waals surface area contributed by atoms with Gasteiger partial charge >= 0.3 is 5.97 Å². The molecule has 0 spiro atoms. The molecule has 0 radical (unpaired) electrons. The molecular weight excluding hydrogens is 246 g/mol. The van der Waals surface area contributed by atoms with E-state index >= 15 is 0 Å². The molecule has 0 saturated heterocycles. The molecule has 0 atom stereocenters. The fraction of sp³-hybridized carbons (Fsp3) is 0.214. The van der Waals surface area contributed by atoms with Gasteiger partial charge in [-0.15, -0.1) is 0 Å². The summed E-state index contributed by atoms with van der Waals surface area (Å²) in [5.41, 5.74) is 2.10. The first kappa shape index (κ1) is 13.0. The summed E-state index contributed by atoms with van der Waals surface area (Å²) < 4.78 is 10.3. The van der Waals surface area contributed by atoms with E-state index in [0.29, 0.717) is 12.3 Å². The highest BCUT2D eigenvalue weighted by Gasteiger charge is 2.08. The Kier molecular flexibility index (Phi) is 3.75. The Labute approximate surface area is 110 Å². The summed E-state index contributed by atoms with van der Waals surface area (Å²) in [6.07, 6.45) is 1.23. The summed E-state index contributed by atoms with van der Waals surface area (Å²) in [4.78, 5) is 10.7. The van der Waals surface area contributed by atoms with Gasteiger partial charge in [-0.05, 0) is 36.8 Å². The minimum atomic E-state index is -0.990. The van der Waals surface area contributed by atoms with Gasteiger partial charge in [0.25, 0.3) is 0 Å². The topological polar surface area (TPSA) is 71.7 Å². The number of carbonyl (C=O) groups is 1. The highest BCUT2D eigenvalue weighted by molar-refractivity contribution is 5.87. The molecule has 2 N–H and O–H groups in total. The molecule has 2 aromatic rings. The summed E-state index contributed by atoms with van der Waals surface area (Å²) in [7, 11) is 1.63. The van der Waals surface area contributed by atoms with Crippen molar-refractivity contribution < 1.29 is 19.1 Å². The van der Waals surface area contributed by atoms with Crippen molar-refractivity contribution in [2.24, 2.45) is 0 Å².